The van der Waals surface area contributed by atoms with Crippen LogP contribution in [-0.4, -0.2) is 12.5 Å². The molecular weight excluding hydrogens is 333 g/mol. The molecule has 2 aromatic rings. The van der Waals surface area contributed by atoms with Gasteiger partial charge in [-0.1, -0.05) is 17.7 Å². The zero-order chi connectivity index (χ0) is 15.0. The van der Waals surface area contributed by atoms with Gasteiger partial charge >= 0.3 is 0 Å². The number of aryl methyl sites for hydroxylation is 2. The van der Waals surface area contributed by atoms with E-state index in [0.29, 0.717) is 16.6 Å². The van der Waals surface area contributed by atoms with Crippen molar-refractivity contribution in [1.29, 1.82) is 0 Å². The average Bonchev–Trinajstić information content (AvgIpc) is 2.45. The van der Waals surface area contributed by atoms with Crippen LogP contribution >= 0.6 is 15.9 Å². The Morgan fingerprint density at radius 3 is 2.81 bits per heavy atom. The van der Waals surface area contributed by atoms with Crippen LogP contribution < -0.4 is 4.90 Å². The molecule has 4 heteroatoms. The molecule has 2 nitrogen and oxygen atoms in total. The van der Waals surface area contributed by atoms with Crippen molar-refractivity contribution in [2.45, 2.75) is 19.8 Å². The molecule has 0 N–H and O–H groups in total. The van der Waals surface area contributed by atoms with E-state index in [0.717, 1.165) is 18.5 Å². The molecule has 0 radical (unpaired) electrons. The lowest BCUT2D eigenvalue weighted by molar-refractivity contribution is 0.0984. The highest BCUT2D eigenvalue weighted by atomic mass is 79.9. The van der Waals surface area contributed by atoms with Gasteiger partial charge in [-0.25, -0.2) is 4.39 Å². The fourth-order valence-corrected chi connectivity index (χ4v) is 3.27. The summed E-state index contributed by atoms with van der Waals surface area (Å²) in [6, 6.07) is 10.3. The first-order valence-electron chi connectivity index (χ1n) is 6.93. The summed E-state index contributed by atoms with van der Waals surface area (Å²) in [7, 11) is 0. The van der Waals surface area contributed by atoms with E-state index in [1.54, 1.807) is 4.90 Å². The maximum Gasteiger partial charge on any atom is 0.259 e. The zero-order valence-corrected chi connectivity index (χ0v) is 13.3. The SMILES string of the molecule is Cc1ccc2c(c1)CCCN2C(=O)c1ccc(F)cc1Br. The molecule has 0 unspecified atom stereocenters. The summed E-state index contributed by atoms with van der Waals surface area (Å²) in [5.41, 5.74) is 3.86. The Morgan fingerprint density at radius 1 is 1.24 bits per heavy atom. The van der Waals surface area contributed by atoms with Crippen LogP contribution in [0.1, 0.15) is 27.9 Å². The first-order valence-corrected chi connectivity index (χ1v) is 7.72. The summed E-state index contributed by atoms with van der Waals surface area (Å²) in [6.07, 6.45) is 1.94. The van der Waals surface area contributed by atoms with Crippen LogP contribution in [0.3, 0.4) is 0 Å². The highest BCUT2D eigenvalue weighted by Crippen LogP contribution is 2.30. The second kappa shape index (κ2) is 5.60. The second-order valence-electron chi connectivity index (χ2n) is 5.32. The zero-order valence-electron chi connectivity index (χ0n) is 11.7. The molecule has 108 valence electrons. The van der Waals surface area contributed by atoms with Gasteiger partial charge in [-0.15, -0.1) is 0 Å². The third-order valence-corrected chi connectivity index (χ3v) is 4.42. The summed E-state index contributed by atoms with van der Waals surface area (Å²) in [5.74, 6) is -0.445. The molecule has 0 spiro atoms. The van der Waals surface area contributed by atoms with Crippen molar-refractivity contribution in [1.82, 2.24) is 0 Å². The number of rotatable bonds is 1. The lowest BCUT2D eigenvalue weighted by atomic mass is 9.99. The van der Waals surface area contributed by atoms with Crippen LogP contribution in [0.25, 0.3) is 0 Å². The second-order valence-corrected chi connectivity index (χ2v) is 6.17. The average molecular weight is 348 g/mol. The molecule has 0 atom stereocenters. The minimum atomic E-state index is -0.354. The number of anilines is 1. The molecule has 2 aromatic carbocycles. The van der Waals surface area contributed by atoms with Crippen molar-refractivity contribution in [3.05, 3.63) is 63.4 Å². The predicted molar refractivity (Wildman–Crippen MR) is 85.3 cm³/mol. The van der Waals surface area contributed by atoms with Gasteiger partial charge in [0.25, 0.3) is 5.91 Å². The molecule has 1 aliphatic heterocycles. The topological polar surface area (TPSA) is 20.3 Å². The van der Waals surface area contributed by atoms with Crippen molar-refractivity contribution >= 4 is 27.5 Å². The Morgan fingerprint density at radius 2 is 2.05 bits per heavy atom. The van der Waals surface area contributed by atoms with E-state index in [4.69, 9.17) is 0 Å². The Hall–Kier alpha value is -1.68. The van der Waals surface area contributed by atoms with E-state index in [1.165, 1.54) is 29.3 Å². The van der Waals surface area contributed by atoms with Crippen LogP contribution in [0.2, 0.25) is 0 Å². The molecule has 0 bridgehead atoms. The van der Waals surface area contributed by atoms with Crippen LogP contribution in [-0.2, 0) is 6.42 Å². The van der Waals surface area contributed by atoms with E-state index in [-0.39, 0.29) is 11.7 Å². The molecule has 0 fully saturated rings. The molecule has 0 aromatic heterocycles. The van der Waals surface area contributed by atoms with Gasteiger partial charge in [-0.05, 0) is 65.5 Å². The molecule has 1 aliphatic rings. The fourth-order valence-electron chi connectivity index (χ4n) is 2.75. The largest absolute Gasteiger partial charge is 0.308 e. The predicted octanol–water partition coefficient (Wildman–Crippen LogP) is 4.49. The van der Waals surface area contributed by atoms with Gasteiger partial charge in [0, 0.05) is 16.7 Å². The number of hydrogen-bond acceptors (Lipinski definition) is 1. The normalized spacial score (nSPS) is 14.0. The summed E-state index contributed by atoms with van der Waals surface area (Å²) >= 11 is 3.28. The number of amides is 1. The van der Waals surface area contributed by atoms with Gasteiger partial charge in [0.15, 0.2) is 0 Å². The number of fused-ring (bicyclic) bond motifs is 1. The lowest BCUT2D eigenvalue weighted by Gasteiger charge is -2.30. The first kappa shape index (κ1) is 14.3. The third-order valence-electron chi connectivity index (χ3n) is 3.76. The summed E-state index contributed by atoms with van der Waals surface area (Å²) < 4.78 is 13.7. The molecule has 21 heavy (non-hydrogen) atoms. The van der Waals surface area contributed by atoms with Crippen molar-refractivity contribution in [3.63, 3.8) is 0 Å². The van der Waals surface area contributed by atoms with E-state index < -0.39 is 0 Å². The van der Waals surface area contributed by atoms with Crippen molar-refractivity contribution in [3.8, 4) is 0 Å². The number of carbonyl (C=O) groups excluding carboxylic acids is 1. The Labute approximate surface area is 131 Å². The number of halogens is 2. The van der Waals surface area contributed by atoms with Gasteiger partial charge in [0.2, 0.25) is 0 Å². The number of carbonyl (C=O) groups is 1. The van der Waals surface area contributed by atoms with Crippen LogP contribution in [0.5, 0.6) is 0 Å². The van der Waals surface area contributed by atoms with Gasteiger partial charge < -0.3 is 4.90 Å². The van der Waals surface area contributed by atoms with Crippen LogP contribution in [0.15, 0.2) is 40.9 Å². The van der Waals surface area contributed by atoms with Crippen LogP contribution in [0, 0.1) is 12.7 Å². The summed E-state index contributed by atoms with van der Waals surface area (Å²) in [5, 5.41) is 0. The minimum absolute atomic E-state index is 0.0910. The molecule has 1 amide bonds. The van der Waals surface area contributed by atoms with E-state index in [2.05, 4.69) is 28.9 Å². The third kappa shape index (κ3) is 2.72. The molecule has 1 heterocycles. The monoisotopic (exact) mass is 347 g/mol. The minimum Gasteiger partial charge on any atom is -0.308 e. The fraction of sp³-hybridized carbons (Fsp3) is 0.235. The van der Waals surface area contributed by atoms with Crippen molar-refractivity contribution in [2.24, 2.45) is 0 Å². The van der Waals surface area contributed by atoms with Gasteiger partial charge in [0.1, 0.15) is 5.82 Å². The molecule has 0 saturated carbocycles. The Kier molecular flexibility index (Phi) is 3.81. The quantitative estimate of drug-likeness (QED) is 0.744. The molecule has 0 aliphatic carbocycles. The standard InChI is InChI=1S/C17H15BrFNO/c1-11-4-7-16-12(9-11)3-2-8-20(16)17(21)14-6-5-13(19)10-15(14)18/h4-7,9-10H,2-3,8H2,1H3. The first-order chi connectivity index (χ1) is 10.1. The lowest BCUT2D eigenvalue weighted by Crippen LogP contribution is -2.35. The van der Waals surface area contributed by atoms with E-state index in [1.807, 2.05) is 12.1 Å². The molecule has 0 saturated heterocycles. The van der Waals surface area contributed by atoms with Gasteiger partial charge in [0.05, 0.1) is 5.56 Å². The number of nitrogens with zero attached hydrogens (tertiary/aromatic N) is 1. The summed E-state index contributed by atoms with van der Waals surface area (Å²) in [4.78, 5) is 14.5. The van der Waals surface area contributed by atoms with Crippen molar-refractivity contribution in [2.75, 3.05) is 11.4 Å². The number of hydrogen-bond donors (Lipinski definition) is 0. The smallest absolute Gasteiger partial charge is 0.259 e. The Balaban J connectivity index is 2.00. The molecule has 3 rings (SSSR count). The molecular formula is C17H15BrFNO. The van der Waals surface area contributed by atoms with Crippen molar-refractivity contribution < 1.29 is 9.18 Å². The maximum absolute atomic E-state index is 13.2. The maximum atomic E-state index is 13.2. The highest BCUT2D eigenvalue weighted by Gasteiger charge is 2.24. The number of benzene rings is 2. The van der Waals surface area contributed by atoms with E-state index in [9.17, 15) is 9.18 Å². The highest BCUT2D eigenvalue weighted by molar-refractivity contribution is 9.10. The van der Waals surface area contributed by atoms with E-state index >= 15 is 0 Å². The van der Waals surface area contributed by atoms with Crippen LogP contribution in [0.4, 0.5) is 10.1 Å². The summed E-state index contributed by atoms with van der Waals surface area (Å²) in [6.45, 7) is 2.75. The van der Waals surface area contributed by atoms with Gasteiger partial charge in [-0.2, -0.15) is 0 Å². The Bertz CT molecular complexity index is 714. The van der Waals surface area contributed by atoms with Gasteiger partial charge in [-0.3, -0.25) is 4.79 Å².